The second kappa shape index (κ2) is 5.72. The predicted octanol–water partition coefficient (Wildman–Crippen LogP) is 4.80. The van der Waals surface area contributed by atoms with Gasteiger partial charge in [-0.2, -0.15) is 0 Å². The molecule has 1 N–H and O–H groups in total. The number of anilines is 1. The van der Waals surface area contributed by atoms with Gasteiger partial charge in [0.2, 0.25) is 0 Å². The molecular weight excluding hydrogens is 333 g/mol. The van der Waals surface area contributed by atoms with Crippen molar-refractivity contribution in [3.63, 3.8) is 0 Å². The van der Waals surface area contributed by atoms with E-state index in [2.05, 4.69) is 21.2 Å². The highest BCUT2D eigenvalue weighted by atomic mass is 79.9. The van der Waals surface area contributed by atoms with E-state index < -0.39 is 5.82 Å². The number of hydrogen-bond donors (Lipinski definition) is 1. The third-order valence-electron chi connectivity index (χ3n) is 2.62. The van der Waals surface area contributed by atoms with Crippen LogP contribution < -0.4 is 5.32 Å². The zero-order chi connectivity index (χ0) is 14.0. The molecule has 0 atom stereocenters. The van der Waals surface area contributed by atoms with Gasteiger partial charge in [0.25, 0.3) is 5.91 Å². The number of carbonyl (C=O) groups is 1. The Kier molecular flexibility index (Phi) is 4.22. The van der Waals surface area contributed by atoms with Crippen LogP contribution in [0.3, 0.4) is 0 Å². The maximum atomic E-state index is 13.2. The van der Waals surface area contributed by atoms with Gasteiger partial charge in [0.1, 0.15) is 5.82 Å². The largest absolute Gasteiger partial charge is 0.321 e. The molecule has 2 nitrogen and oxygen atoms in total. The summed E-state index contributed by atoms with van der Waals surface area (Å²) in [5, 5.41) is 3.08. The molecular formula is C14H10BrClFNO. The van der Waals surface area contributed by atoms with Crippen molar-refractivity contribution < 1.29 is 9.18 Å². The van der Waals surface area contributed by atoms with Gasteiger partial charge in [-0.05, 0) is 42.8 Å². The molecule has 0 fully saturated rings. The molecule has 0 spiro atoms. The zero-order valence-electron chi connectivity index (χ0n) is 10.0. The molecule has 0 unspecified atom stereocenters. The van der Waals surface area contributed by atoms with Crippen LogP contribution in [0.25, 0.3) is 0 Å². The maximum absolute atomic E-state index is 13.2. The quantitative estimate of drug-likeness (QED) is 0.834. The van der Waals surface area contributed by atoms with E-state index in [4.69, 9.17) is 11.6 Å². The van der Waals surface area contributed by atoms with Crippen LogP contribution in [0.15, 0.2) is 40.9 Å². The highest BCUT2D eigenvalue weighted by molar-refractivity contribution is 9.10. The van der Waals surface area contributed by atoms with E-state index in [0.717, 1.165) is 4.47 Å². The van der Waals surface area contributed by atoms with Gasteiger partial charge in [0.05, 0.1) is 10.7 Å². The lowest BCUT2D eigenvalue weighted by atomic mass is 10.1. The van der Waals surface area contributed by atoms with Crippen LogP contribution in [0.1, 0.15) is 15.9 Å². The lowest BCUT2D eigenvalue weighted by Crippen LogP contribution is -2.14. The van der Waals surface area contributed by atoms with Gasteiger partial charge in [-0.1, -0.05) is 33.6 Å². The second-order valence-electron chi connectivity index (χ2n) is 4.04. The molecule has 0 saturated carbocycles. The summed E-state index contributed by atoms with van der Waals surface area (Å²) < 4.78 is 14.0. The number of benzene rings is 2. The minimum absolute atomic E-state index is 0.291. The lowest BCUT2D eigenvalue weighted by molar-refractivity contribution is 0.102. The number of nitrogens with one attached hydrogen (secondary N) is 1. The molecule has 2 rings (SSSR count). The molecule has 0 radical (unpaired) electrons. The minimum atomic E-state index is -0.447. The molecule has 5 heteroatoms. The first-order chi connectivity index (χ1) is 8.97. The van der Waals surface area contributed by atoms with Crippen LogP contribution in [0.2, 0.25) is 5.02 Å². The summed E-state index contributed by atoms with van der Waals surface area (Å²) in [6.07, 6.45) is 0. The van der Waals surface area contributed by atoms with E-state index >= 15 is 0 Å². The first-order valence-electron chi connectivity index (χ1n) is 5.50. The van der Waals surface area contributed by atoms with E-state index in [-0.39, 0.29) is 5.91 Å². The number of hydrogen-bond acceptors (Lipinski definition) is 1. The van der Waals surface area contributed by atoms with Crippen molar-refractivity contribution in [3.05, 3.63) is 62.8 Å². The van der Waals surface area contributed by atoms with Crippen molar-refractivity contribution in [1.82, 2.24) is 0 Å². The van der Waals surface area contributed by atoms with Gasteiger partial charge in [-0.25, -0.2) is 4.39 Å². The molecule has 0 aromatic heterocycles. The van der Waals surface area contributed by atoms with Crippen molar-refractivity contribution >= 4 is 39.1 Å². The molecule has 1 amide bonds. The fourth-order valence-electron chi connectivity index (χ4n) is 1.62. The Morgan fingerprint density at radius 1 is 1.26 bits per heavy atom. The summed E-state index contributed by atoms with van der Waals surface area (Å²) in [5.41, 5.74) is 1.48. The van der Waals surface area contributed by atoms with Crippen LogP contribution in [0.4, 0.5) is 10.1 Å². The predicted molar refractivity (Wildman–Crippen MR) is 78.2 cm³/mol. The summed E-state index contributed by atoms with van der Waals surface area (Å²) >= 11 is 9.30. The topological polar surface area (TPSA) is 29.1 Å². The summed E-state index contributed by atoms with van der Waals surface area (Å²) in [5.74, 6) is -0.834. The summed E-state index contributed by atoms with van der Waals surface area (Å²) in [7, 11) is 0. The SMILES string of the molecule is Cc1ccc(F)cc1C(=O)Nc1ccc(Br)cc1Cl. The van der Waals surface area contributed by atoms with E-state index in [0.29, 0.717) is 21.8 Å². The monoisotopic (exact) mass is 341 g/mol. The number of amides is 1. The average Bonchev–Trinajstić information content (AvgIpc) is 2.35. The van der Waals surface area contributed by atoms with E-state index in [1.807, 2.05) is 0 Å². The molecule has 2 aromatic rings. The summed E-state index contributed by atoms with van der Waals surface area (Å²) in [6.45, 7) is 1.75. The van der Waals surface area contributed by atoms with E-state index in [9.17, 15) is 9.18 Å². The first kappa shape index (κ1) is 14.0. The van der Waals surface area contributed by atoms with Crippen LogP contribution in [-0.4, -0.2) is 5.91 Å². The highest BCUT2D eigenvalue weighted by Gasteiger charge is 2.12. The normalized spacial score (nSPS) is 10.3. The molecule has 0 aliphatic carbocycles. The Morgan fingerprint density at radius 3 is 2.68 bits per heavy atom. The van der Waals surface area contributed by atoms with Gasteiger partial charge in [-0.15, -0.1) is 0 Å². The van der Waals surface area contributed by atoms with Gasteiger partial charge < -0.3 is 5.32 Å². The second-order valence-corrected chi connectivity index (χ2v) is 5.36. The van der Waals surface area contributed by atoms with E-state index in [1.54, 1.807) is 31.2 Å². The Balaban J connectivity index is 2.28. The Morgan fingerprint density at radius 2 is 2.00 bits per heavy atom. The molecule has 0 aliphatic rings. The Hall–Kier alpha value is -1.39. The fraction of sp³-hybridized carbons (Fsp3) is 0.0714. The molecule has 98 valence electrons. The third-order valence-corrected chi connectivity index (χ3v) is 3.43. The standard InChI is InChI=1S/C14H10BrClFNO/c1-8-2-4-10(17)7-11(8)14(19)18-13-5-3-9(15)6-12(13)16/h2-7H,1H3,(H,18,19). The Labute approximate surface area is 123 Å². The van der Waals surface area contributed by atoms with Gasteiger partial charge >= 0.3 is 0 Å². The minimum Gasteiger partial charge on any atom is -0.321 e. The van der Waals surface area contributed by atoms with Crippen molar-refractivity contribution in [2.45, 2.75) is 6.92 Å². The molecule has 0 bridgehead atoms. The average molecular weight is 343 g/mol. The van der Waals surface area contributed by atoms with Crippen LogP contribution in [0, 0.1) is 12.7 Å². The number of halogens is 3. The highest BCUT2D eigenvalue weighted by Crippen LogP contribution is 2.26. The zero-order valence-corrected chi connectivity index (χ0v) is 12.3. The van der Waals surface area contributed by atoms with Gasteiger partial charge in [-0.3, -0.25) is 4.79 Å². The number of rotatable bonds is 2. The van der Waals surface area contributed by atoms with Gasteiger partial charge in [0, 0.05) is 10.0 Å². The smallest absolute Gasteiger partial charge is 0.256 e. The van der Waals surface area contributed by atoms with E-state index in [1.165, 1.54) is 12.1 Å². The van der Waals surface area contributed by atoms with Crippen LogP contribution >= 0.6 is 27.5 Å². The van der Waals surface area contributed by atoms with Crippen molar-refractivity contribution in [2.24, 2.45) is 0 Å². The van der Waals surface area contributed by atoms with Crippen molar-refractivity contribution in [1.29, 1.82) is 0 Å². The molecule has 2 aromatic carbocycles. The van der Waals surface area contributed by atoms with Gasteiger partial charge in [0.15, 0.2) is 0 Å². The fourth-order valence-corrected chi connectivity index (χ4v) is 2.34. The summed E-state index contributed by atoms with van der Waals surface area (Å²) in [4.78, 5) is 12.1. The van der Waals surface area contributed by atoms with Crippen LogP contribution in [0.5, 0.6) is 0 Å². The maximum Gasteiger partial charge on any atom is 0.256 e. The third kappa shape index (κ3) is 3.33. The molecule has 0 saturated heterocycles. The van der Waals surface area contributed by atoms with Crippen molar-refractivity contribution in [2.75, 3.05) is 5.32 Å². The van der Waals surface area contributed by atoms with Crippen molar-refractivity contribution in [3.8, 4) is 0 Å². The Bertz CT molecular complexity index is 645. The summed E-state index contributed by atoms with van der Waals surface area (Å²) in [6, 6.07) is 9.21. The number of carbonyl (C=O) groups excluding carboxylic acids is 1. The molecule has 0 aliphatic heterocycles. The first-order valence-corrected chi connectivity index (χ1v) is 6.67. The lowest BCUT2D eigenvalue weighted by Gasteiger charge is -2.09. The number of aryl methyl sites for hydroxylation is 1. The van der Waals surface area contributed by atoms with Crippen LogP contribution in [-0.2, 0) is 0 Å². The molecule has 19 heavy (non-hydrogen) atoms. The molecule has 0 heterocycles.